The van der Waals surface area contributed by atoms with Crippen molar-refractivity contribution in [2.45, 2.75) is 31.5 Å². The molecule has 0 saturated carbocycles. The number of hydrogen-bond donors (Lipinski definition) is 6. The molecule has 1 rings (SSSR count). The van der Waals surface area contributed by atoms with Crippen LogP contribution in [0.4, 0.5) is 0 Å². The van der Waals surface area contributed by atoms with Crippen molar-refractivity contribution in [2.75, 3.05) is 6.61 Å². The Kier molecular flexibility index (Phi) is 8.08. The lowest BCUT2D eigenvalue weighted by Gasteiger charge is -2.25. The SMILES string of the molecule is C=CN(C(C)=O)[C@@H]1O[C@H](COP(=O)(O)OP(=O)(O)OP(=O)(O)O)C(O)[C@@H]1O. The van der Waals surface area contributed by atoms with E-state index >= 15 is 0 Å². The molecule has 0 aromatic heterocycles. The number of rotatable bonds is 9. The molecule has 1 amide bonds. The number of carbonyl (C=O) groups is 1. The van der Waals surface area contributed by atoms with Crippen LogP contribution >= 0.6 is 23.5 Å². The van der Waals surface area contributed by atoms with Gasteiger partial charge in [0, 0.05) is 13.1 Å². The van der Waals surface area contributed by atoms with Gasteiger partial charge >= 0.3 is 23.5 Å². The van der Waals surface area contributed by atoms with Crippen LogP contribution in [-0.2, 0) is 36.4 Å². The lowest BCUT2D eigenvalue weighted by molar-refractivity contribution is -0.143. The number of hydrogen-bond acceptors (Lipinski definition) is 10. The van der Waals surface area contributed by atoms with Crippen LogP contribution in [0.2, 0.25) is 0 Å². The average molecular weight is 457 g/mol. The van der Waals surface area contributed by atoms with Crippen molar-refractivity contribution in [2.24, 2.45) is 0 Å². The molecule has 1 fully saturated rings. The number of phosphoric acid groups is 3. The highest BCUT2D eigenvalue weighted by Gasteiger charge is 2.47. The molecule has 0 bridgehead atoms. The molecule has 0 aliphatic carbocycles. The second-order valence-electron chi connectivity index (χ2n) is 5.04. The second kappa shape index (κ2) is 8.89. The Balaban J connectivity index is 2.75. The fraction of sp³-hybridized carbons (Fsp3) is 0.667. The van der Waals surface area contributed by atoms with E-state index in [1.165, 1.54) is 0 Å². The van der Waals surface area contributed by atoms with Crippen LogP contribution in [0.25, 0.3) is 0 Å². The molecule has 6 atom stereocenters. The zero-order chi connectivity index (χ0) is 21.2. The van der Waals surface area contributed by atoms with Crippen molar-refractivity contribution < 1.29 is 66.2 Å². The molecular formula is C9H18NO14P3. The van der Waals surface area contributed by atoms with E-state index in [0.29, 0.717) is 0 Å². The Labute approximate surface area is 152 Å². The first-order valence-electron chi connectivity index (χ1n) is 6.80. The summed E-state index contributed by atoms with van der Waals surface area (Å²) in [5, 5.41) is 19.8. The van der Waals surface area contributed by atoms with Crippen LogP contribution in [0.15, 0.2) is 12.8 Å². The average Bonchev–Trinajstić information content (AvgIpc) is 2.70. The van der Waals surface area contributed by atoms with Gasteiger partial charge in [-0.2, -0.15) is 8.62 Å². The molecule has 3 unspecified atom stereocenters. The molecule has 1 aliphatic heterocycles. The van der Waals surface area contributed by atoms with Crippen molar-refractivity contribution in [1.82, 2.24) is 4.90 Å². The van der Waals surface area contributed by atoms with Gasteiger partial charge in [0.1, 0.15) is 18.3 Å². The maximum Gasteiger partial charge on any atom is 0.490 e. The van der Waals surface area contributed by atoms with Gasteiger partial charge in [-0.05, 0) is 0 Å². The Morgan fingerprint density at radius 2 is 1.67 bits per heavy atom. The molecule has 18 heteroatoms. The van der Waals surface area contributed by atoms with Crippen LogP contribution < -0.4 is 0 Å². The van der Waals surface area contributed by atoms with Gasteiger partial charge in [0.2, 0.25) is 5.91 Å². The summed E-state index contributed by atoms with van der Waals surface area (Å²) in [6.07, 6.45) is -5.24. The Morgan fingerprint density at radius 3 is 2.11 bits per heavy atom. The van der Waals surface area contributed by atoms with Crippen LogP contribution in [0, 0.1) is 0 Å². The van der Waals surface area contributed by atoms with E-state index in [4.69, 9.17) is 19.4 Å². The van der Waals surface area contributed by atoms with Crippen molar-refractivity contribution in [1.29, 1.82) is 0 Å². The number of aliphatic hydroxyl groups excluding tert-OH is 2. The third-order valence-electron chi connectivity index (χ3n) is 2.99. The van der Waals surface area contributed by atoms with E-state index < -0.39 is 60.5 Å². The van der Waals surface area contributed by atoms with E-state index in [-0.39, 0.29) is 0 Å². The first kappa shape index (κ1) is 24.5. The van der Waals surface area contributed by atoms with Crippen LogP contribution in [0.5, 0.6) is 0 Å². The van der Waals surface area contributed by atoms with Gasteiger partial charge in [0.15, 0.2) is 6.23 Å². The minimum absolute atomic E-state index is 0.602. The molecule has 1 saturated heterocycles. The van der Waals surface area contributed by atoms with Crippen molar-refractivity contribution >= 4 is 29.4 Å². The monoisotopic (exact) mass is 457 g/mol. The molecular weight excluding hydrogens is 439 g/mol. The Bertz CT molecular complexity index is 706. The van der Waals surface area contributed by atoms with Gasteiger partial charge in [0.05, 0.1) is 6.61 Å². The highest BCUT2D eigenvalue weighted by molar-refractivity contribution is 7.66. The number of phosphoric ester groups is 1. The maximum atomic E-state index is 11.6. The number of ether oxygens (including phenoxy) is 1. The molecule has 6 N–H and O–H groups in total. The summed E-state index contributed by atoms with van der Waals surface area (Å²) in [5.74, 6) is -0.602. The molecule has 0 aromatic rings. The highest BCUT2D eigenvalue weighted by Crippen LogP contribution is 2.66. The van der Waals surface area contributed by atoms with Gasteiger partial charge in [-0.25, -0.2) is 13.7 Å². The van der Waals surface area contributed by atoms with Crippen molar-refractivity contribution in [3.63, 3.8) is 0 Å². The maximum absolute atomic E-state index is 11.6. The van der Waals surface area contributed by atoms with Gasteiger partial charge in [-0.15, -0.1) is 0 Å². The molecule has 0 radical (unpaired) electrons. The quantitative estimate of drug-likeness (QED) is 0.223. The number of carbonyl (C=O) groups excluding carboxylic acids is 1. The lowest BCUT2D eigenvalue weighted by atomic mass is 10.1. The first-order valence-corrected chi connectivity index (χ1v) is 11.3. The Morgan fingerprint density at radius 1 is 1.11 bits per heavy atom. The smallest absolute Gasteiger partial charge is 0.387 e. The highest BCUT2D eigenvalue weighted by atomic mass is 31.3. The summed E-state index contributed by atoms with van der Waals surface area (Å²) in [5.41, 5.74) is 0. The van der Waals surface area contributed by atoms with Crippen LogP contribution in [0.3, 0.4) is 0 Å². The van der Waals surface area contributed by atoms with Crippen molar-refractivity contribution in [3.8, 4) is 0 Å². The van der Waals surface area contributed by atoms with Crippen LogP contribution in [-0.4, -0.2) is 71.7 Å². The topological polar surface area (TPSA) is 230 Å². The molecule has 0 aromatic carbocycles. The third kappa shape index (κ3) is 7.44. The first-order chi connectivity index (χ1) is 12.1. The molecule has 158 valence electrons. The zero-order valence-electron chi connectivity index (χ0n) is 13.5. The van der Waals surface area contributed by atoms with E-state index in [1.54, 1.807) is 0 Å². The van der Waals surface area contributed by atoms with Gasteiger partial charge in [-0.1, -0.05) is 6.58 Å². The fourth-order valence-electron chi connectivity index (χ4n) is 1.98. The number of nitrogens with zero attached hydrogens (tertiary/aromatic N) is 1. The van der Waals surface area contributed by atoms with Gasteiger partial charge in [-0.3, -0.25) is 14.2 Å². The largest absolute Gasteiger partial charge is 0.490 e. The summed E-state index contributed by atoms with van der Waals surface area (Å²) < 4.78 is 49.8. The minimum atomic E-state index is -5.69. The predicted octanol–water partition coefficient (Wildman–Crippen LogP) is -1.23. The van der Waals surface area contributed by atoms with Crippen molar-refractivity contribution in [3.05, 3.63) is 12.8 Å². The lowest BCUT2D eigenvalue weighted by Crippen LogP contribution is -2.43. The van der Waals surface area contributed by atoms with E-state index in [2.05, 4.69) is 19.7 Å². The standard InChI is InChI=1S/C9H18NO14P3/c1-3-10(5(2)11)9-8(13)7(12)6(22-9)4-21-26(17,18)24-27(19,20)23-25(14,15)16/h3,6-9,12-13H,1,4H2,2H3,(H,17,18)(H,19,20)(H2,14,15,16)/t6-,7?,8+,9-/m1/s1. The fourth-order valence-corrected chi connectivity index (χ4v) is 5.01. The van der Waals surface area contributed by atoms with Gasteiger partial charge < -0.3 is 34.5 Å². The van der Waals surface area contributed by atoms with E-state index in [1.807, 2.05) is 0 Å². The molecule has 27 heavy (non-hydrogen) atoms. The second-order valence-corrected chi connectivity index (χ2v) is 9.46. The summed E-state index contributed by atoms with van der Waals surface area (Å²) >= 11 is 0. The molecule has 15 nitrogen and oxygen atoms in total. The summed E-state index contributed by atoms with van der Waals surface area (Å²) in [4.78, 5) is 47.4. The number of amides is 1. The summed E-state index contributed by atoms with van der Waals surface area (Å²) in [7, 11) is -16.6. The zero-order valence-corrected chi connectivity index (χ0v) is 16.2. The van der Waals surface area contributed by atoms with Crippen LogP contribution in [0.1, 0.15) is 6.92 Å². The van der Waals surface area contributed by atoms with Gasteiger partial charge in [0.25, 0.3) is 0 Å². The Hall–Kier alpha value is -0.500. The number of aliphatic hydroxyl groups is 2. The molecule has 1 heterocycles. The third-order valence-corrected chi connectivity index (χ3v) is 6.79. The minimum Gasteiger partial charge on any atom is -0.387 e. The molecule has 1 aliphatic rings. The van der Waals surface area contributed by atoms with E-state index in [9.17, 15) is 33.6 Å². The summed E-state index contributed by atoms with van der Waals surface area (Å²) in [6.45, 7) is 3.46. The van der Waals surface area contributed by atoms with E-state index in [0.717, 1.165) is 18.0 Å². The normalized spacial score (nSPS) is 30.3. The summed E-state index contributed by atoms with van der Waals surface area (Å²) in [6, 6.07) is 0. The predicted molar refractivity (Wildman–Crippen MR) is 83.2 cm³/mol. The molecule has 0 spiro atoms.